The van der Waals surface area contributed by atoms with Crippen LogP contribution in [0.5, 0.6) is 0 Å². The van der Waals surface area contributed by atoms with Crippen molar-refractivity contribution in [2.45, 2.75) is 38.6 Å². The molecule has 1 aromatic carbocycles. The third kappa shape index (κ3) is 1.66. The lowest BCUT2D eigenvalue weighted by atomic mass is 10.1. The van der Waals surface area contributed by atoms with Gasteiger partial charge in [0.2, 0.25) is 0 Å². The number of fused-ring (bicyclic) bond motifs is 1. The van der Waals surface area contributed by atoms with Crippen molar-refractivity contribution in [3.8, 4) is 0 Å². The van der Waals surface area contributed by atoms with E-state index in [2.05, 4.69) is 9.55 Å². The summed E-state index contributed by atoms with van der Waals surface area (Å²) < 4.78 is 16.1. The van der Waals surface area contributed by atoms with Crippen molar-refractivity contribution in [1.29, 1.82) is 0 Å². The number of carbonyl (C=O) groups is 1. The first kappa shape index (κ1) is 12.8. The molecule has 0 amide bonds. The lowest BCUT2D eigenvalue weighted by Gasteiger charge is -2.08. The van der Waals surface area contributed by atoms with Crippen LogP contribution in [0, 0.1) is 17.2 Å². The summed E-state index contributed by atoms with van der Waals surface area (Å²) in [6, 6.07) is 5.31. The monoisotopic (exact) mass is 288 g/mol. The maximum absolute atomic E-state index is 14.0. The molecule has 0 saturated heterocycles. The second-order valence-corrected chi connectivity index (χ2v) is 6.79. The van der Waals surface area contributed by atoms with E-state index in [1.165, 1.54) is 6.07 Å². The summed E-state index contributed by atoms with van der Waals surface area (Å²) in [6.07, 6.45) is 2.11. The summed E-state index contributed by atoms with van der Waals surface area (Å²) in [7, 11) is 0. The summed E-state index contributed by atoms with van der Waals surface area (Å²) in [5.74, 6) is -0.953. The second-order valence-electron chi connectivity index (χ2n) is 6.79. The molecule has 0 spiro atoms. The Morgan fingerprint density at radius 2 is 2.14 bits per heavy atom. The molecule has 2 atom stereocenters. The van der Waals surface area contributed by atoms with Crippen LogP contribution in [0.3, 0.4) is 0 Å². The normalized spacial score (nSPS) is 27.0. The molecule has 0 radical (unpaired) electrons. The van der Waals surface area contributed by atoms with Crippen LogP contribution in [0.4, 0.5) is 4.39 Å². The highest BCUT2D eigenvalue weighted by Crippen LogP contribution is 2.65. The average Bonchev–Trinajstić information content (AvgIpc) is 3.28. The molecule has 1 heterocycles. The lowest BCUT2D eigenvalue weighted by Crippen LogP contribution is -2.04. The SMILES string of the molecule is CC1(C)C(C(=O)O)C1c1nc2c(F)cccc2n1C1CC1. The molecule has 1 N–H and O–H groups in total. The van der Waals surface area contributed by atoms with Gasteiger partial charge in [0.15, 0.2) is 5.82 Å². The van der Waals surface area contributed by atoms with Crippen LogP contribution in [0.25, 0.3) is 11.0 Å². The van der Waals surface area contributed by atoms with E-state index >= 15 is 0 Å². The van der Waals surface area contributed by atoms with Gasteiger partial charge in [-0.3, -0.25) is 4.79 Å². The first-order chi connectivity index (χ1) is 9.93. The van der Waals surface area contributed by atoms with E-state index in [-0.39, 0.29) is 17.2 Å². The van der Waals surface area contributed by atoms with Gasteiger partial charge in [-0.25, -0.2) is 9.37 Å². The predicted octanol–water partition coefficient (Wildman–Crippen LogP) is 3.33. The molecular weight excluding hydrogens is 271 g/mol. The smallest absolute Gasteiger partial charge is 0.307 e. The Kier molecular flexibility index (Phi) is 2.34. The number of hydrogen-bond donors (Lipinski definition) is 1. The summed E-state index contributed by atoms with van der Waals surface area (Å²) >= 11 is 0. The van der Waals surface area contributed by atoms with Gasteiger partial charge in [0.05, 0.1) is 11.4 Å². The molecule has 110 valence electrons. The maximum Gasteiger partial charge on any atom is 0.307 e. The fraction of sp³-hybridized carbons (Fsp3) is 0.500. The van der Waals surface area contributed by atoms with E-state index < -0.39 is 11.9 Å². The number of hydrogen-bond acceptors (Lipinski definition) is 2. The highest BCUT2D eigenvalue weighted by atomic mass is 19.1. The van der Waals surface area contributed by atoms with Crippen molar-refractivity contribution >= 4 is 17.0 Å². The maximum atomic E-state index is 14.0. The molecule has 4 rings (SSSR count). The van der Waals surface area contributed by atoms with E-state index in [9.17, 15) is 14.3 Å². The van der Waals surface area contributed by atoms with Crippen LogP contribution in [0.15, 0.2) is 18.2 Å². The highest BCUT2D eigenvalue weighted by molar-refractivity contribution is 5.80. The lowest BCUT2D eigenvalue weighted by molar-refractivity contribution is -0.139. The zero-order valence-corrected chi connectivity index (χ0v) is 12.0. The number of carboxylic acids is 1. The third-order valence-corrected chi connectivity index (χ3v) is 4.98. The highest BCUT2D eigenvalue weighted by Gasteiger charge is 2.65. The number of imidazole rings is 1. The van der Waals surface area contributed by atoms with Gasteiger partial charge >= 0.3 is 5.97 Å². The standard InChI is InChI=1S/C16H17FN2O2/c1-16(2)11(12(16)15(20)21)14-18-13-9(17)4-3-5-10(13)19(14)8-6-7-8/h3-5,8,11-12H,6-7H2,1-2H3,(H,20,21). The Morgan fingerprint density at radius 3 is 2.71 bits per heavy atom. The predicted molar refractivity (Wildman–Crippen MR) is 75.6 cm³/mol. The zero-order chi connectivity index (χ0) is 14.9. The second kappa shape index (κ2) is 3.84. The van der Waals surface area contributed by atoms with E-state index in [1.807, 2.05) is 19.9 Å². The quantitative estimate of drug-likeness (QED) is 0.942. The van der Waals surface area contributed by atoms with Crippen molar-refractivity contribution in [2.24, 2.45) is 11.3 Å². The van der Waals surface area contributed by atoms with Crippen molar-refractivity contribution in [2.75, 3.05) is 0 Å². The minimum absolute atomic E-state index is 0.137. The first-order valence-corrected chi connectivity index (χ1v) is 7.32. The number of rotatable bonds is 3. The van der Waals surface area contributed by atoms with Gasteiger partial charge < -0.3 is 9.67 Å². The van der Waals surface area contributed by atoms with Crippen LogP contribution in [0.2, 0.25) is 0 Å². The van der Waals surface area contributed by atoms with Crippen LogP contribution in [0.1, 0.15) is 44.5 Å². The first-order valence-electron chi connectivity index (χ1n) is 7.32. The Balaban J connectivity index is 1.92. The largest absolute Gasteiger partial charge is 0.481 e. The fourth-order valence-corrected chi connectivity index (χ4v) is 3.62. The Morgan fingerprint density at radius 1 is 1.43 bits per heavy atom. The molecule has 21 heavy (non-hydrogen) atoms. The summed E-state index contributed by atoms with van der Waals surface area (Å²) in [6.45, 7) is 3.90. The number of carboxylic acid groups (broad SMARTS) is 1. The Labute approximate surface area is 121 Å². The molecule has 0 bridgehead atoms. The topological polar surface area (TPSA) is 55.1 Å². The van der Waals surface area contributed by atoms with Gasteiger partial charge in [0.25, 0.3) is 0 Å². The van der Waals surface area contributed by atoms with Gasteiger partial charge in [0.1, 0.15) is 11.3 Å². The minimum Gasteiger partial charge on any atom is -0.481 e. The summed E-state index contributed by atoms with van der Waals surface area (Å²) in [5, 5.41) is 9.38. The Hall–Kier alpha value is -1.91. The fourth-order valence-electron chi connectivity index (χ4n) is 3.62. The molecule has 5 heteroatoms. The number of nitrogens with zero attached hydrogens (tertiary/aromatic N) is 2. The van der Waals surface area contributed by atoms with Crippen LogP contribution < -0.4 is 0 Å². The summed E-state index contributed by atoms with van der Waals surface area (Å²) in [4.78, 5) is 15.9. The number of para-hydroxylation sites is 1. The minimum atomic E-state index is -0.792. The molecule has 2 saturated carbocycles. The van der Waals surface area contributed by atoms with E-state index in [4.69, 9.17) is 0 Å². The molecule has 0 aliphatic heterocycles. The molecule has 2 fully saturated rings. The Bertz CT molecular complexity index is 761. The summed E-state index contributed by atoms with van der Waals surface area (Å²) in [5.41, 5.74) is 0.835. The third-order valence-electron chi connectivity index (χ3n) is 4.98. The van der Waals surface area contributed by atoms with E-state index in [1.54, 1.807) is 6.07 Å². The van der Waals surface area contributed by atoms with Crippen molar-refractivity contribution < 1.29 is 14.3 Å². The van der Waals surface area contributed by atoms with E-state index in [0.29, 0.717) is 11.6 Å². The van der Waals surface area contributed by atoms with Gasteiger partial charge in [-0.05, 0) is 30.4 Å². The van der Waals surface area contributed by atoms with Crippen molar-refractivity contribution in [3.05, 3.63) is 29.8 Å². The number of aliphatic carboxylic acids is 1. The van der Waals surface area contributed by atoms with E-state index in [0.717, 1.165) is 24.2 Å². The molecule has 2 aliphatic carbocycles. The average molecular weight is 288 g/mol. The van der Waals surface area contributed by atoms with Crippen LogP contribution >= 0.6 is 0 Å². The number of aromatic nitrogens is 2. The molecule has 2 aliphatic rings. The number of benzene rings is 1. The van der Waals surface area contributed by atoms with Crippen molar-refractivity contribution in [1.82, 2.24) is 9.55 Å². The van der Waals surface area contributed by atoms with Crippen molar-refractivity contribution in [3.63, 3.8) is 0 Å². The van der Waals surface area contributed by atoms with Gasteiger partial charge in [0, 0.05) is 12.0 Å². The van der Waals surface area contributed by atoms with Gasteiger partial charge in [-0.15, -0.1) is 0 Å². The zero-order valence-electron chi connectivity index (χ0n) is 12.0. The van der Waals surface area contributed by atoms with Gasteiger partial charge in [-0.1, -0.05) is 19.9 Å². The van der Waals surface area contributed by atoms with Crippen LogP contribution in [-0.2, 0) is 4.79 Å². The van der Waals surface area contributed by atoms with Gasteiger partial charge in [-0.2, -0.15) is 0 Å². The molecular formula is C16H17FN2O2. The molecule has 2 aromatic rings. The van der Waals surface area contributed by atoms with Crippen LogP contribution in [-0.4, -0.2) is 20.6 Å². The molecule has 4 nitrogen and oxygen atoms in total. The molecule has 1 aromatic heterocycles. The number of halogens is 1. The molecule has 2 unspecified atom stereocenters.